The molecule has 0 heterocycles. The lowest BCUT2D eigenvalue weighted by Crippen LogP contribution is -2.34. The zero-order chi connectivity index (χ0) is 11.4. The van der Waals surface area contributed by atoms with E-state index in [1.54, 1.807) is 0 Å². The quantitative estimate of drug-likeness (QED) is 0.585. The van der Waals surface area contributed by atoms with Gasteiger partial charge in [0.05, 0.1) is 0 Å². The molecule has 84 valence electrons. The molecular weight excluding hydrogens is 183 g/mol. The summed E-state index contributed by atoms with van der Waals surface area (Å²) in [5.74, 6) is 2.71. The molecule has 0 aliphatic rings. The molecule has 0 radical (unpaired) electrons. The molecule has 3 atom stereocenters. The third-order valence-electron chi connectivity index (χ3n) is 5.02. The molecule has 3 unspecified atom stereocenters. The molecule has 0 fully saturated rings. The highest BCUT2D eigenvalue weighted by Gasteiger charge is 2.38. The van der Waals surface area contributed by atoms with Gasteiger partial charge in [-0.15, -0.1) is 0 Å². The van der Waals surface area contributed by atoms with Crippen molar-refractivity contribution in [3.63, 3.8) is 0 Å². The fraction of sp³-hybridized carbons (Fsp3) is 1.00. The van der Waals surface area contributed by atoms with Crippen LogP contribution in [0, 0.1) is 17.8 Å². The van der Waals surface area contributed by atoms with Gasteiger partial charge in [-0.1, -0.05) is 82.8 Å². The molecule has 0 rings (SSSR count). The molecular formula is C13H29Al. The molecule has 0 saturated carbocycles. The van der Waals surface area contributed by atoms with Crippen LogP contribution < -0.4 is 0 Å². The van der Waals surface area contributed by atoms with Gasteiger partial charge in [-0.3, -0.25) is 0 Å². The molecule has 0 aromatic rings. The summed E-state index contributed by atoms with van der Waals surface area (Å²) in [5.41, 5.74) is 0. The van der Waals surface area contributed by atoms with Crippen LogP contribution in [-0.2, 0) is 0 Å². The Morgan fingerprint density at radius 1 is 0.786 bits per heavy atom. The van der Waals surface area contributed by atoms with Crippen molar-refractivity contribution in [1.82, 2.24) is 0 Å². The van der Waals surface area contributed by atoms with E-state index in [4.69, 9.17) is 0 Å². The van der Waals surface area contributed by atoms with Gasteiger partial charge in [0.1, 0.15) is 0 Å². The lowest BCUT2D eigenvalue weighted by atomic mass is 9.71. The summed E-state index contributed by atoms with van der Waals surface area (Å²) in [6.07, 6.45) is 4.04. The second kappa shape index (κ2) is 6.19. The van der Waals surface area contributed by atoms with Gasteiger partial charge in [-0.05, 0) is 0 Å². The van der Waals surface area contributed by atoms with Gasteiger partial charge in [-0.25, -0.2) is 0 Å². The van der Waals surface area contributed by atoms with E-state index in [9.17, 15) is 0 Å². The highest BCUT2D eigenvalue weighted by atomic mass is 27.0. The monoisotopic (exact) mass is 212 g/mol. The molecule has 0 aliphatic heterocycles. The smallest absolute Gasteiger partial charge is 0.0724 e. The lowest BCUT2D eigenvalue weighted by Gasteiger charge is -2.46. The van der Waals surface area contributed by atoms with Crippen LogP contribution >= 0.6 is 0 Å². The van der Waals surface area contributed by atoms with Gasteiger partial charge in [0, 0.05) is 0 Å². The summed E-state index contributed by atoms with van der Waals surface area (Å²) in [7, 11) is 0. The Labute approximate surface area is 99.3 Å². The highest BCUT2D eigenvalue weighted by Crippen LogP contribution is 2.50. The van der Waals surface area contributed by atoms with E-state index in [1.807, 2.05) is 0 Å². The van der Waals surface area contributed by atoms with E-state index in [2.05, 4.69) is 41.5 Å². The Kier molecular flexibility index (Phi) is 6.42. The molecule has 0 spiro atoms. The van der Waals surface area contributed by atoms with Crippen LogP contribution in [-0.4, -0.2) is 16.3 Å². The van der Waals surface area contributed by atoms with Gasteiger partial charge in [0.2, 0.25) is 16.3 Å². The zero-order valence-corrected chi connectivity index (χ0v) is 13.4. The van der Waals surface area contributed by atoms with Crippen LogP contribution in [0.25, 0.3) is 0 Å². The van der Waals surface area contributed by atoms with E-state index in [-0.39, 0.29) is 0 Å². The average Bonchev–Trinajstić information content (AvgIpc) is 2.24. The summed E-state index contributed by atoms with van der Waals surface area (Å²) >= 11 is 1.35. The normalized spacial score (nSPS) is 22.4. The molecule has 0 saturated heterocycles. The van der Waals surface area contributed by atoms with Crippen molar-refractivity contribution in [2.45, 2.75) is 65.1 Å². The lowest BCUT2D eigenvalue weighted by molar-refractivity contribution is 0.185. The Balaban J connectivity index is 4.83. The van der Waals surface area contributed by atoms with Crippen molar-refractivity contribution in [3.05, 3.63) is 0 Å². The first-order valence-electron chi connectivity index (χ1n) is 6.44. The predicted molar refractivity (Wildman–Crippen MR) is 69.6 cm³/mol. The number of rotatable bonds is 6. The maximum absolute atomic E-state index is 2.46. The maximum atomic E-state index is 2.46. The number of hydrogen-bond donors (Lipinski definition) is 0. The summed E-state index contributed by atoms with van der Waals surface area (Å²) in [6, 6.07) is 0. The molecule has 1 heteroatoms. The standard InChI is InChI=1S/C13H27.Al.2H/c1-7-10(4)13(11(5)8-2)12(6)9-3;;;/h10-12H,7-9H2,1-6H3;;;. The van der Waals surface area contributed by atoms with Gasteiger partial charge < -0.3 is 0 Å². The first-order chi connectivity index (χ1) is 6.44. The SMILES string of the molecule is CCC(C)[C]([AlH2])(C(C)CC)C(C)CC. The van der Waals surface area contributed by atoms with Crippen LogP contribution in [0.1, 0.15) is 60.8 Å². The van der Waals surface area contributed by atoms with Crippen molar-refractivity contribution in [2.75, 3.05) is 0 Å². The first-order valence-corrected chi connectivity index (χ1v) is 7.44. The van der Waals surface area contributed by atoms with Crippen molar-refractivity contribution in [2.24, 2.45) is 17.8 Å². The van der Waals surface area contributed by atoms with Crippen molar-refractivity contribution in [1.29, 1.82) is 0 Å². The summed E-state index contributed by atoms with van der Waals surface area (Å²) in [4.78, 5) is 0. The minimum Gasteiger partial charge on any atom is -0.0724 e. The van der Waals surface area contributed by atoms with Crippen molar-refractivity contribution in [3.8, 4) is 0 Å². The third kappa shape index (κ3) is 2.77. The second-order valence-electron chi connectivity index (χ2n) is 5.29. The van der Waals surface area contributed by atoms with Crippen molar-refractivity contribution < 1.29 is 0 Å². The largest absolute Gasteiger partial charge is 0.222 e. The van der Waals surface area contributed by atoms with Gasteiger partial charge in [0.25, 0.3) is 0 Å². The topological polar surface area (TPSA) is 0 Å². The molecule has 0 aliphatic carbocycles. The van der Waals surface area contributed by atoms with Crippen molar-refractivity contribution >= 4 is 16.3 Å². The summed E-state index contributed by atoms with van der Waals surface area (Å²) in [5, 5.41) is 0. The van der Waals surface area contributed by atoms with E-state index < -0.39 is 0 Å². The zero-order valence-electron chi connectivity index (χ0n) is 11.4. The second-order valence-corrected chi connectivity index (χ2v) is 7.03. The third-order valence-corrected chi connectivity index (χ3v) is 7.98. The molecule has 0 amide bonds. The fourth-order valence-corrected chi connectivity index (χ4v) is 4.00. The van der Waals surface area contributed by atoms with Gasteiger partial charge >= 0.3 is 0 Å². The Hall–Kier alpha value is 0.532. The fourth-order valence-electron chi connectivity index (χ4n) is 2.78. The molecule has 0 nitrogen and oxygen atoms in total. The van der Waals surface area contributed by atoms with E-state index >= 15 is 0 Å². The highest BCUT2D eigenvalue weighted by molar-refractivity contribution is 6.15. The number of hydrogen-bond acceptors (Lipinski definition) is 0. The molecule has 0 aromatic heterocycles. The van der Waals surface area contributed by atoms with Gasteiger partial charge in [0.15, 0.2) is 0 Å². The van der Waals surface area contributed by atoms with E-state index in [0.29, 0.717) is 4.28 Å². The Bertz CT molecular complexity index is 127. The van der Waals surface area contributed by atoms with E-state index in [0.717, 1.165) is 17.8 Å². The van der Waals surface area contributed by atoms with E-state index in [1.165, 1.54) is 35.6 Å². The first kappa shape index (κ1) is 14.5. The van der Waals surface area contributed by atoms with Crippen LogP contribution in [0.5, 0.6) is 0 Å². The molecule has 0 aromatic carbocycles. The Morgan fingerprint density at radius 2 is 1.00 bits per heavy atom. The Morgan fingerprint density at radius 3 is 1.14 bits per heavy atom. The summed E-state index contributed by atoms with van der Waals surface area (Å²) < 4.78 is 0.665. The summed E-state index contributed by atoms with van der Waals surface area (Å²) in [6.45, 7) is 14.4. The minimum absolute atomic E-state index is 0.665. The molecule has 0 bridgehead atoms. The van der Waals surface area contributed by atoms with Crippen LogP contribution in [0.2, 0.25) is 4.28 Å². The minimum atomic E-state index is 0.665. The predicted octanol–water partition coefficient (Wildman–Crippen LogP) is 3.92. The van der Waals surface area contributed by atoms with Gasteiger partial charge in [-0.2, -0.15) is 0 Å². The molecule has 14 heavy (non-hydrogen) atoms. The maximum Gasteiger partial charge on any atom is 0.222 e. The van der Waals surface area contributed by atoms with Crippen LogP contribution in [0.3, 0.4) is 0 Å². The van der Waals surface area contributed by atoms with Crippen LogP contribution in [0.4, 0.5) is 0 Å². The van der Waals surface area contributed by atoms with Crippen LogP contribution in [0.15, 0.2) is 0 Å². The molecule has 0 N–H and O–H groups in total. The average molecular weight is 212 g/mol.